The standard InChI is InChI=1S/C19H31N5O2/c1-3-4-5-6-11-14-24-15-16(22(2)19(26)21-17(15)25)20-18(24)23-12-9-7-8-10-13-23/h3-14H2,1-2H3,(H,21,25,26). The Kier molecular flexibility index (Phi) is 6.16. The number of rotatable bonds is 7. The van der Waals surface area contributed by atoms with E-state index in [4.69, 9.17) is 4.98 Å². The minimum absolute atomic E-state index is 0.328. The molecule has 1 fully saturated rings. The van der Waals surface area contributed by atoms with E-state index in [9.17, 15) is 9.59 Å². The molecule has 0 radical (unpaired) electrons. The van der Waals surface area contributed by atoms with Crippen molar-refractivity contribution in [1.82, 2.24) is 19.1 Å². The molecule has 0 bridgehead atoms. The van der Waals surface area contributed by atoms with Gasteiger partial charge in [-0.1, -0.05) is 45.4 Å². The normalized spacial score (nSPS) is 15.5. The first-order chi connectivity index (χ1) is 12.6. The molecule has 0 saturated carbocycles. The van der Waals surface area contributed by atoms with Gasteiger partial charge in [-0.25, -0.2) is 4.79 Å². The van der Waals surface area contributed by atoms with Crippen molar-refractivity contribution in [2.24, 2.45) is 7.05 Å². The fourth-order valence-corrected chi connectivity index (χ4v) is 3.82. The highest BCUT2D eigenvalue weighted by atomic mass is 16.2. The number of aromatic amines is 1. The van der Waals surface area contributed by atoms with E-state index in [2.05, 4.69) is 16.8 Å². The summed E-state index contributed by atoms with van der Waals surface area (Å²) in [4.78, 5) is 34.0. The van der Waals surface area contributed by atoms with E-state index in [1.54, 1.807) is 7.05 Å². The summed E-state index contributed by atoms with van der Waals surface area (Å²) in [6, 6.07) is 0. The number of nitrogens with one attached hydrogen (secondary N) is 1. The predicted molar refractivity (Wildman–Crippen MR) is 105 cm³/mol. The summed E-state index contributed by atoms with van der Waals surface area (Å²) in [5.74, 6) is 0.851. The third-order valence-electron chi connectivity index (χ3n) is 5.36. The van der Waals surface area contributed by atoms with Gasteiger partial charge in [0.15, 0.2) is 11.2 Å². The van der Waals surface area contributed by atoms with E-state index in [0.29, 0.717) is 11.2 Å². The van der Waals surface area contributed by atoms with Crippen molar-refractivity contribution in [2.75, 3.05) is 18.0 Å². The maximum Gasteiger partial charge on any atom is 0.329 e. The summed E-state index contributed by atoms with van der Waals surface area (Å²) in [6.07, 6.45) is 10.6. The predicted octanol–water partition coefficient (Wildman–Crippen LogP) is 2.77. The molecule has 1 aliphatic heterocycles. The molecule has 0 unspecified atom stereocenters. The lowest BCUT2D eigenvalue weighted by molar-refractivity contribution is 0.569. The van der Waals surface area contributed by atoms with Crippen LogP contribution in [-0.4, -0.2) is 32.2 Å². The number of nitrogens with zero attached hydrogens (tertiary/aromatic N) is 4. The number of aryl methyl sites for hydroxylation is 2. The molecule has 7 heteroatoms. The second kappa shape index (κ2) is 8.56. The van der Waals surface area contributed by atoms with Gasteiger partial charge in [-0.05, 0) is 19.3 Å². The van der Waals surface area contributed by atoms with E-state index in [0.717, 1.165) is 51.3 Å². The van der Waals surface area contributed by atoms with Crippen LogP contribution in [0.15, 0.2) is 9.59 Å². The largest absolute Gasteiger partial charge is 0.342 e. The Morgan fingerprint density at radius 2 is 1.69 bits per heavy atom. The zero-order valence-electron chi connectivity index (χ0n) is 16.1. The number of imidazole rings is 1. The van der Waals surface area contributed by atoms with Gasteiger partial charge >= 0.3 is 5.69 Å². The molecule has 7 nitrogen and oxygen atoms in total. The average Bonchev–Trinajstić information content (AvgIpc) is 2.80. The van der Waals surface area contributed by atoms with Crippen LogP contribution >= 0.6 is 0 Å². The third kappa shape index (κ3) is 3.86. The Hall–Kier alpha value is -2.05. The van der Waals surface area contributed by atoms with Crippen LogP contribution in [0.5, 0.6) is 0 Å². The highest BCUT2D eigenvalue weighted by Gasteiger charge is 2.22. The number of anilines is 1. The first kappa shape index (κ1) is 18.7. The average molecular weight is 361 g/mol. The highest BCUT2D eigenvalue weighted by molar-refractivity contribution is 5.74. The Bertz CT molecular complexity index is 840. The van der Waals surface area contributed by atoms with E-state index in [1.165, 1.54) is 36.7 Å². The zero-order chi connectivity index (χ0) is 18.5. The molecule has 0 aromatic carbocycles. The molecule has 1 N–H and O–H groups in total. The van der Waals surface area contributed by atoms with Gasteiger partial charge in [-0.15, -0.1) is 0 Å². The van der Waals surface area contributed by atoms with Gasteiger partial charge in [-0.2, -0.15) is 4.98 Å². The van der Waals surface area contributed by atoms with Crippen LogP contribution < -0.4 is 16.1 Å². The molecule has 2 aromatic heterocycles. The third-order valence-corrected chi connectivity index (χ3v) is 5.36. The SMILES string of the molecule is CCCCCCCn1c(N2CCCCCC2)nc2c1c(=O)[nH]c(=O)n2C. The Morgan fingerprint density at radius 1 is 1.00 bits per heavy atom. The summed E-state index contributed by atoms with van der Waals surface area (Å²) >= 11 is 0. The van der Waals surface area contributed by atoms with Gasteiger partial charge in [0.2, 0.25) is 5.95 Å². The van der Waals surface area contributed by atoms with Crippen LogP contribution in [-0.2, 0) is 13.6 Å². The molecular formula is C19H31N5O2. The maximum absolute atomic E-state index is 12.5. The summed E-state index contributed by atoms with van der Waals surface area (Å²) < 4.78 is 3.50. The van der Waals surface area contributed by atoms with Crippen LogP contribution in [0.2, 0.25) is 0 Å². The molecule has 144 valence electrons. The van der Waals surface area contributed by atoms with E-state index in [-0.39, 0.29) is 5.56 Å². The smallest absolute Gasteiger partial charge is 0.329 e. The van der Waals surface area contributed by atoms with Crippen LogP contribution in [0, 0.1) is 0 Å². The molecule has 0 spiro atoms. The summed E-state index contributed by atoms with van der Waals surface area (Å²) in [6.45, 7) is 4.91. The molecule has 3 rings (SSSR count). The molecule has 1 saturated heterocycles. The fraction of sp³-hybridized carbons (Fsp3) is 0.737. The first-order valence-corrected chi connectivity index (χ1v) is 10.1. The number of aromatic nitrogens is 4. The molecule has 1 aliphatic rings. The number of H-pyrrole nitrogens is 1. The molecule has 2 aromatic rings. The van der Waals surface area contributed by atoms with Crippen LogP contribution in [0.4, 0.5) is 5.95 Å². The van der Waals surface area contributed by atoms with Crippen molar-refractivity contribution in [3.63, 3.8) is 0 Å². The quantitative estimate of drug-likeness (QED) is 0.770. The monoisotopic (exact) mass is 361 g/mol. The lowest BCUT2D eigenvalue weighted by Gasteiger charge is -2.22. The van der Waals surface area contributed by atoms with Gasteiger partial charge in [-0.3, -0.25) is 14.3 Å². The second-order valence-corrected chi connectivity index (χ2v) is 7.37. The van der Waals surface area contributed by atoms with Gasteiger partial charge in [0.05, 0.1) is 0 Å². The number of hydrogen-bond donors (Lipinski definition) is 1. The van der Waals surface area contributed by atoms with Crippen LogP contribution in [0.3, 0.4) is 0 Å². The Balaban J connectivity index is 1.99. The molecular weight excluding hydrogens is 330 g/mol. The lowest BCUT2D eigenvalue weighted by atomic mass is 10.1. The van der Waals surface area contributed by atoms with Crippen molar-refractivity contribution < 1.29 is 0 Å². The lowest BCUT2D eigenvalue weighted by Crippen LogP contribution is -2.30. The maximum atomic E-state index is 12.5. The van der Waals surface area contributed by atoms with Crippen molar-refractivity contribution >= 4 is 17.1 Å². The van der Waals surface area contributed by atoms with Gasteiger partial charge in [0.25, 0.3) is 5.56 Å². The zero-order valence-corrected chi connectivity index (χ0v) is 16.1. The van der Waals surface area contributed by atoms with Crippen molar-refractivity contribution in [3.8, 4) is 0 Å². The Morgan fingerprint density at radius 3 is 2.38 bits per heavy atom. The van der Waals surface area contributed by atoms with Crippen molar-refractivity contribution in [2.45, 2.75) is 71.3 Å². The number of fused-ring (bicyclic) bond motifs is 1. The van der Waals surface area contributed by atoms with Gasteiger partial charge < -0.3 is 9.47 Å². The summed E-state index contributed by atoms with van der Waals surface area (Å²) in [5, 5.41) is 0. The summed E-state index contributed by atoms with van der Waals surface area (Å²) in [7, 11) is 1.67. The number of hydrogen-bond acceptors (Lipinski definition) is 4. The topological polar surface area (TPSA) is 75.9 Å². The molecule has 0 atom stereocenters. The Labute approximate surface area is 154 Å². The van der Waals surface area contributed by atoms with E-state index in [1.807, 2.05) is 4.57 Å². The first-order valence-electron chi connectivity index (χ1n) is 10.1. The minimum atomic E-state index is -0.405. The van der Waals surface area contributed by atoms with Crippen LogP contribution in [0.1, 0.15) is 64.7 Å². The minimum Gasteiger partial charge on any atom is -0.342 e. The van der Waals surface area contributed by atoms with E-state index >= 15 is 0 Å². The van der Waals surface area contributed by atoms with Crippen LogP contribution in [0.25, 0.3) is 11.2 Å². The second-order valence-electron chi connectivity index (χ2n) is 7.37. The van der Waals surface area contributed by atoms with E-state index < -0.39 is 5.69 Å². The molecule has 26 heavy (non-hydrogen) atoms. The summed E-state index contributed by atoms with van der Waals surface area (Å²) in [5.41, 5.74) is 0.288. The fourth-order valence-electron chi connectivity index (χ4n) is 3.82. The molecule has 3 heterocycles. The highest BCUT2D eigenvalue weighted by Crippen LogP contribution is 2.23. The van der Waals surface area contributed by atoms with Crippen molar-refractivity contribution in [3.05, 3.63) is 20.8 Å². The van der Waals surface area contributed by atoms with Gasteiger partial charge in [0.1, 0.15) is 0 Å². The van der Waals surface area contributed by atoms with Crippen molar-refractivity contribution in [1.29, 1.82) is 0 Å². The van der Waals surface area contributed by atoms with Gasteiger partial charge in [0, 0.05) is 26.7 Å². The number of unbranched alkanes of at least 4 members (excludes halogenated alkanes) is 4. The molecule has 0 amide bonds. The molecule has 0 aliphatic carbocycles.